The van der Waals surface area contributed by atoms with Crippen LogP contribution in [0.1, 0.15) is 27.2 Å². The Kier molecular flexibility index (Phi) is 5.65. The Morgan fingerprint density at radius 1 is 0.962 bits per heavy atom. The second-order valence-electron chi connectivity index (χ2n) is 7.91. The molecule has 1 heterocycles. The van der Waals surface area contributed by atoms with E-state index in [1.54, 1.807) is 0 Å². The molecule has 0 saturated carbocycles. The Hall–Kier alpha value is -1.50. The van der Waals surface area contributed by atoms with Crippen LogP contribution in [0.4, 0.5) is 0 Å². The lowest BCUT2D eigenvalue weighted by atomic mass is 10.2. The van der Waals surface area contributed by atoms with E-state index in [4.69, 9.17) is 9.16 Å². The smallest absolute Gasteiger partial charge is 0.261 e. The first-order chi connectivity index (χ1) is 12.3. The molecule has 2 aromatic rings. The SMILES string of the molecule is CC(C)(C)[Si](OC[C@H]1O[C@H](O)C[C@@H]1O)(c1ccccc1)c1ccccc1. The fourth-order valence-electron chi connectivity index (χ4n) is 3.83. The highest BCUT2D eigenvalue weighted by molar-refractivity contribution is 6.99. The molecular formula is C21H28O4Si. The van der Waals surface area contributed by atoms with Gasteiger partial charge in [0.15, 0.2) is 6.29 Å². The molecule has 140 valence electrons. The quantitative estimate of drug-likeness (QED) is 0.789. The van der Waals surface area contributed by atoms with Gasteiger partial charge in [-0.2, -0.15) is 0 Å². The van der Waals surface area contributed by atoms with Crippen LogP contribution in [0.2, 0.25) is 5.04 Å². The van der Waals surface area contributed by atoms with Crippen molar-refractivity contribution in [3.05, 3.63) is 60.7 Å². The normalized spacial score (nSPS) is 24.0. The molecule has 0 spiro atoms. The van der Waals surface area contributed by atoms with Gasteiger partial charge in [0.1, 0.15) is 6.10 Å². The molecule has 0 radical (unpaired) electrons. The highest BCUT2D eigenvalue weighted by Gasteiger charge is 2.51. The lowest BCUT2D eigenvalue weighted by Crippen LogP contribution is -2.67. The summed E-state index contributed by atoms with van der Waals surface area (Å²) in [4.78, 5) is 0. The summed E-state index contributed by atoms with van der Waals surface area (Å²) in [7, 11) is -2.64. The topological polar surface area (TPSA) is 58.9 Å². The standard InChI is InChI=1S/C21H28O4Si/c1-21(2,3)26(16-10-6-4-7-11-16,17-12-8-5-9-13-17)24-15-19-18(22)14-20(23)25-19/h4-13,18-20,22-23H,14-15H2,1-3H3/t18-,19+,20-/m0/s1. The van der Waals surface area contributed by atoms with Gasteiger partial charge in [-0.1, -0.05) is 81.4 Å². The van der Waals surface area contributed by atoms with Crippen LogP contribution in [0.25, 0.3) is 0 Å². The van der Waals surface area contributed by atoms with Crippen LogP contribution in [-0.4, -0.2) is 43.6 Å². The van der Waals surface area contributed by atoms with Gasteiger partial charge >= 0.3 is 0 Å². The van der Waals surface area contributed by atoms with Crippen LogP contribution >= 0.6 is 0 Å². The summed E-state index contributed by atoms with van der Waals surface area (Å²) in [5.74, 6) is 0. The van der Waals surface area contributed by atoms with Crippen molar-refractivity contribution in [2.24, 2.45) is 0 Å². The first-order valence-electron chi connectivity index (χ1n) is 9.11. The molecule has 26 heavy (non-hydrogen) atoms. The number of aliphatic hydroxyl groups excluding tert-OH is 2. The van der Waals surface area contributed by atoms with Gasteiger partial charge in [0.05, 0.1) is 12.7 Å². The fourth-order valence-corrected chi connectivity index (χ4v) is 8.40. The summed E-state index contributed by atoms with van der Waals surface area (Å²) in [6, 6.07) is 20.7. The monoisotopic (exact) mass is 372 g/mol. The average molecular weight is 373 g/mol. The molecule has 0 aromatic heterocycles. The van der Waals surface area contributed by atoms with Crippen molar-refractivity contribution < 1.29 is 19.4 Å². The van der Waals surface area contributed by atoms with Crippen LogP contribution in [0, 0.1) is 0 Å². The summed E-state index contributed by atoms with van der Waals surface area (Å²) in [6.07, 6.45) is -1.90. The van der Waals surface area contributed by atoms with E-state index in [1.165, 1.54) is 10.4 Å². The zero-order chi connectivity index (χ0) is 18.8. The van der Waals surface area contributed by atoms with E-state index in [2.05, 4.69) is 45.0 Å². The summed E-state index contributed by atoms with van der Waals surface area (Å²) in [6.45, 7) is 6.88. The van der Waals surface area contributed by atoms with Crippen molar-refractivity contribution in [1.29, 1.82) is 0 Å². The molecule has 4 nitrogen and oxygen atoms in total. The minimum absolute atomic E-state index is 0.127. The molecule has 1 fully saturated rings. The van der Waals surface area contributed by atoms with E-state index in [0.29, 0.717) is 0 Å². The summed E-state index contributed by atoms with van der Waals surface area (Å²) in [5, 5.41) is 22.1. The lowest BCUT2D eigenvalue weighted by molar-refractivity contribution is -0.105. The van der Waals surface area contributed by atoms with Crippen LogP contribution in [0.3, 0.4) is 0 Å². The minimum atomic E-state index is -2.64. The lowest BCUT2D eigenvalue weighted by Gasteiger charge is -2.43. The third kappa shape index (κ3) is 3.63. The maximum atomic E-state index is 10.2. The van der Waals surface area contributed by atoms with Crippen molar-refractivity contribution in [1.82, 2.24) is 0 Å². The molecule has 0 amide bonds. The van der Waals surface area contributed by atoms with E-state index in [-0.39, 0.29) is 18.1 Å². The van der Waals surface area contributed by atoms with E-state index in [9.17, 15) is 10.2 Å². The average Bonchev–Trinajstić information content (AvgIpc) is 2.94. The predicted molar refractivity (Wildman–Crippen MR) is 105 cm³/mol. The van der Waals surface area contributed by atoms with Gasteiger partial charge in [-0.25, -0.2) is 0 Å². The van der Waals surface area contributed by atoms with Gasteiger partial charge in [-0.05, 0) is 15.4 Å². The van der Waals surface area contributed by atoms with Crippen molar-refractivity contribution in [2.45, 2.75) is 50.7 Å². The van der Waals surface area contributed by atoms with Crippen LogP contribution in [-0.2, 0) is 9.16 Å². The maximum absolute atomic E-state index is 10.2. The van der Waals surface area contributed by atoms with Gasteiger partial charge in [-0.15, -0.1) is 0 Å². The van der Waals surface area contributed by atoms with Crippen molar-refractivity contribution in [3.63, 3.8) is 0 Å². The third-order valence-electron chi connectivity index (χ3n) is 5.09. The first kappa shape index (κ1) is 19.3. The minimum Gasteiger partial charge on any atom is -0.405 e. The van der Waals surface area contributed by atoms with Crippen LogP contribution in [0.15, 0.2) is 60.7 Å². The van der Waals surface area contributed by atoms with E-state index in [0.717, 1.165) is 0 Å². The summed E-state index contributed by atoms with van der Waals surface area (Å²) < 4.78 is 12.2. The molecule has 0 bridgehead atoms. The van der Waals surface area contributed by atoms with Gasteiger partial charge in [-0.3, -0.25) is 0 Å². The molecule has 3 rings (SSSR count). The van der Waals surface area contributed by atoms with Gasteiger partial charge < -0.3 is 19.4 Å². The van der Waals surface area contributed by atoms with Gasteiger partial charge in [0.25, 0.3) is 8.32 Å². The Bertz CT molecular complexity index is 659. The van der Waals surface area contributed by atoms with E-state index < -0.39 is 26.8 Å². The van der Waals surface area contributed by atoms with Crippen molar-refractivity contribution in [3.8, 4) is 0 Å². The Labute approximate surface area is 156 Å². The third-order valence-corrected chi connectivity index (χ3v) is 10.1. The van der Waals surface area contributed by atoms with E-state index in [1.807, 2.05) is 36.4 Å². The molecule has 1 aliphatic heterocycles. The fraction of sp³-hybridized carbons (Fsp3) is 0.429. The number of rotatable bonds is 5. The molecule has 2 aromatic carbocycles. The van der Waals surface area contributed by atoms with Crippen molar-refractivity contribution in [2.75, 3.05) is 6.61 Å². The second kappa shape index (κ2) is 7.62. The van der Waals surface area contributed by atoms with Crippen LogP contribution in [0.5, 0.6) is 0 Å². The summed E-state index contributed by atoms with van der Waals surface area (Å²) >= 11 is 0. The van der Waals surface area contributed by atoms with Gasteiger partial charge in [0, 0.05) is 6.42 Å². The zero-order valence-electron chi connectivity index (χ0n) is 15.6. The van der Waals surface area contributed by atoms with Gasteiger partial charge in [0.2, 0.25) is 0 Å². The predicted octanol–water partition coefficient (Wildman–Crippen LogP) is 2.03. The maximum Gasteiger partial charge on any atom is 0.261 e. The highest BCUT2D eigenvalue weighted by atomic mass is 28.4. The second-order valence-corrected chi connectivity index (χ2v) is 12.2. The highest BCUT2D eigenvalue weighted by Crippen LogP contribution is 2.37. The molecular weight excluding hydrogens is 344 g/mol. The molecule has 0 aliphatic carbocycles. The zero-order valence-corrected chi connectivity index (χ0v) is 16.6. The van der Waals surface area contributed by atoms with Crippen molar-refractivity contribution >= 4 is 18.7 Å². The molecule has 2 N–H and O–H groups in total. The number of hydrogen-bond acceptors (Lipinski definition) is 4. The molecule has 1 aliphatic rings. The number of ether oxygens (including phenoxy) is 1. The number of aliphatic hydroxyl groups is 2. The van der Waals surface area contributed by atoms with E-state index >= 15 is 0 Å². The molecule has 0 unspecified atom stereocenters. The summed E-state index contributed by atoms with van der Waals surface area (Å²) in [5.41, 5.74) is 0. The molecule has 5 heteroatoms. The number of hydrogen-bond donors (Lipinski definition) is 2. The first-order valence-corrected chi connectivity index (χ1v) is 11.0. The molecule has 1 saturated heterocycles. The Morgan fingerprint density at radius 2 is 1.46 bits per heavy atom. The Morgan fingerprint density at radius 3 is 1.85 bits per heavy atom. The largest absolute Gasteiger partial charge is 0.405 e. The number of benzene rings is 2. The van der Waals surface area contributed by atoms with Crippen LogP contribution < -0.4 is 10.4 Å². The molecule has 3 atom stereocenters. The Balaban J connectivity index is 2.03.